The van der Waals surface area contributed by atoms with Crippen molar-refractivity contribution in [3.05, 3.63) is 59.4 Å². The zero-order valence-corrected chi connectivity index (χ0v) is 17.0. The Morgan fingerprint density at radius 1 is 1.14 bits per heavy atom. The lowest BCUT2D eigenvalue weighted by Gasteiger charge is -2.34. The number of benzene rings is 2. The van der Waals surface area contributed by atoms with Crippen LogP contribution in [0, 0.1) is 12.7 Å². The molecule has 9 heteroatoms. The number of carbonyl (C=O) groups excluding carboxylic acids is 1. The molecule has 0 atom stereocenters. The van der Waals surface area contributed by atoms with Crippen LogP contribution in [0.4, 0.5) is 4.39 Å². The molecule has 1 aliphatic rings. The fraction of sp³-hybridized carbons (Fsp3) is 0.350. The molecular weight excluding hydrogens is 397 g/mol. The maximum absolute atomic E-state index is 13.3. The predicted octanol–water partition coefficient (Wildman–Crippen LogP) is 1.50. The third-order valence-electron chi connectivity index (χ3n) is 4.85. The molecule has 29 heavy (non-hydrogen) atoms. The summed E-state index contributed by atoms with van der Waals surface area (Å²) in [4.78, 5) is 16.3. The van der Waals surface area contributed by atoms with E-state index in [1.54, 1.807) is 17.9 Å². The van der Waals surface area contributed by atoms with E-state index in [2.05, 4.69) is 4.90 Å². The molecule has 1 amide bonds. The molecule has 156 valence electrons. The first-order chi connectivity index (χ1) is 13.7. The van der Waals surface area contributed by atoms with Crippen LogP contribution in [0.1, 0.15) is 11.1 Å². The number of ether oxygens (including phenoxy) is 1. The van der Waals surface area contributed by atoms with E-state index >= 15 is 0 Å². The maximum atomic E-state index is 13.3. The summed E-state index contributed by atoms with van der Waals surface area (Å²) in [6.45, 7) is 4.75. The molecule has 1 saturated heterocycles. The third kappa shape index (κ3) is 5.75. The fourth-order valence-electron chi connectivity index (χ4n) is 3.24. The standard InChI is InChI=1S/C20H24FN3O4S/c1-15-11-18(29(22,26)27)5-6-19(15)28-14-20(25)24-9-7-23(8-10-24)13-16-3-2-4-17(21)12-16/h2-6,11-12H,7-10,13-14H2,1H3,(H2,22,26,27). The molecule has 0 radical (unpaired) electrons. The SMILES string of the molecule is Cc1cc(S(N)(=O)=O)ccc1OCC(=O)N1CCN(Cc2cccc(F)c2)CC1. The molecule has 0 unspecified atom stereocenters. The van der Waals surface area contributed by atoms with Gasteiger partial charge in [0.15, 0.2) is 6.61 Å². The Morgan fingerprint density at radius 2 is 1.86 bits per heavy atom. The number of hydrogen-bond acceptors (Lipinski definition) is 5. The minimum absolute atomic E-state index is 0.00287. The Bertz CT molecular complexity index is 989. The Morgan fingerprint density at radius 3 is 2.48 bits per heavy atom. The quantitative estimate of drug-likeness (QED) is 0.763. The zero-order chi connectivity index (χ0) is 21.0. The van der Waals surface area contributed by atoms with Crippen molar-refractivity contribution in [1.29, 1.82) is 0 Å². The van der Waals surface area contributed by atoms with Crippen LogP contribution in [0.2, 0.25) is 0 Å². The van der Waals surface area contributed by atoms with Gasteiger partial charge in [-0.1, -0.05) is 12.1 Å². The van der Waals surface area contributed by atoms with Gasteiger partial charge in [0, 0.05) is 32.7 Å². The van der Waals surface area contributed by atoms with E-state index in [1.165, 1.54) is 30.3 Å². The zero-order valence-electron chi connectivity index (χ0n) is 16.2. The lowest BCUT2D eigenvalue weighted by atomic mass is 10.2. The van der Waals surface area contributed by atoms with Gasteiger partial charge in [0.05, 0.1) is 4.90 Å². The first-order valence-electron chi connectivity index (χ1n) is 9.23. The van der Waals surface area contributed by atoms with Crippen molar-refractivity contribution in [3.63, 3.8) is 0 Å². The van der Waals surface area contributed by atoms with Gasteiger partial charge in [-0.05, 0) is 48.4 Å². The fourth-order valence-corrected chi connectivity index (χ4v) is 3.84. The van der Waals surface area contributed by atoms with Crippen LogP contribution in [0.3, 0.4) is 0 Å². The van der Waals surface area contributed by atoms with E-state index in [0.717, 1.165) is 5.56 Å². The van der Waals surface area contributed by atoms with Crippen molar-refractivity contribution in [1.82, 2.24) is 9.80 Å². The van der Waals surface area contributed by atoms with Crippen LogP contribution in [-0.2, 0) is 21.4 Å². The molecule has 2 N–H and O–H groups in total. The summed E-state index contributed by atoms with van der Waals surface area (Å²) in [5, 5.41) is 5.11. The second-order valence-electron chi connectivity index (χ2n) is 7.05. The number of nitrogens with zero attached hydrogens (tertiary/aromatic N) is 2. The molecule has 2 aromatic carbocycles. The summed E-state index contributed by atoms with van der Waals surface area (Å²) >= 11 is 0. The van der Waals surface area contributed by atoms with Crippen molar-refractivity contribution >= 4 is 15.9 Å². The summed E-state index contributed by atoms with van der Waals surface area (Å²) in [6.07, 6.45) is 0. The summed E-state index contributed by atoms with van der Waals surface area (Å²) in [5.41, 5.74) is 1.50. The topological polar surface area (TPSA) is 92.9 Å². The second-order valence-corrected chi connectivity index (χ2v) is 8.61. The van der Waals surface area contributed by atoms with Crippen molar-refractivity contribution in [3.8, 4) is 5.75 Å². The minimum atomic E-state index is -3.78. The highest BCUT2D eigenvalue weighted by molar-refractivity contribution is 7.89. The van der Waals surface area contributed by atoms with Gasteiger partial charge in [-0.2, -0.15) is 0 Å². The number of hydrogen-bond donors (Lipinski definition) is 1. The van der Waals surface area contributed by atoms with Crippen molar-refractivity contribution in [2.45, 2.75) is 18.4 Å². The average Bonchev–Trinajstić information content (AvgIpc) is 2.66. The maximum Gasteiger partial charge on any atom is 0.260 e. The van der Waals surface area contributed by atoms with E-state index in [1.807, 2.05) is 6.07 Å². The first kappa shape index (κ1) is 21.2. The second kappa shape index (κ2) is 8.89. The summed E-state index contributed by atoms with van der Waals surface area (Å²) in [7, 11) is -3.78. The summed E-state index contributed by atoms with van der Waals surface area (Å²) in [6, 6.07) is 10.8. The number of primary sulfonamides is 1. The number of piperazine rings is 1. The Hall–Kier alpha value is -2.49. The number of sulfonamides is 1. The van der Waals surface area contributed by atoms with Crippen LogP contribution in [-0.4, -0.2) is 56.9 Å². The van der Waals surface area contributed by atoms with Gasteiger partial charge in [0.25, 0.3) is 5.91 Å². The van der Waals surface area contributed by atoms with Gasteiger partial charge >= 0.3 is 0 Å². The summed E-state index contributed by atoms with van der Waals surface area (Å²) in [5.74, 6) is 0.0571. The van der Waals surface area contributed by atoms with Crippen LogP contribution in [0.25, 0.3) is 0 Å². The number of rotatable bonds is 6. The molecular formula is C20H24FN3O4S. The van der Waals surface area contributed by atoms with Gasteiger partial charge < -0.3 is 9.64 Å². The van der Waals surface area contributed by atoms with Crippen molar-refractivity contribution < 1.29 is 22.3 Å². The van der Waals surface area contributed by atoms with Crippen molar-refractivity contribution in [2.24, 2.45) is 5.14 Å². The van der Waals surface area contributed by atoms with E-state index in [4.69, 9.17) is 9.88 Å². The number of aryl methyl sites for hydroxylation is 1. The number of carbonyl (C=O) groups is 1. The van der Waals surface area contributed by atoms with Crippen LogP contribution in [0.15, 0.2) is 47.4 Å². The highest BCUT2D eigenvalue weighted by atomic mass is 32.2. The molecule has 1 aliphatic heterocycles. The molecule has 0 aliphatic carbocycles. The molecule has 0 spiro atoms. The Balaban J connectivity index is 1.49. The van der Waals surface area contributed by atoms with Gasteiger partial charge in [-0.25, -0.2) is 17.9 Å². The normalized spacial score (nSPS) is 15.3. The number of amides is 1. The van der Waals surface area contributed by atoms with Gasteiger partial charge in [0.1, 0.15) is 11.6 Å². The van der Waals surface area contributed by atoms with E-state index in [0.29, 0.717) is 44.0 Å². The first-order valence-corrected chi connectivity index (χ1v) is 10.8. The Labute approximate surface area is 169 Å². The van der Waals surface area contributed by atoms with E-state index in [-0.39, 0.29) is 23.2 Å². The van der Waals surface area contributed by atoms with Crippen molar-refractivity contribution in [2.75, 3.05) is 32.8 Å². The number of halogens is 1. The molecule has 0 bridgehead atoms. The largest absolute Gasteiger partial charge is 0.483 e. The van der Waals surface area contributed by atoms with Gasteiger partial charge in [-0.3, -0.25) is 9.69 Å². The molecule has 1 heterocycles. The van der Waals surface area contributed by atoms with Crippen LogP contribution >= 0.6 is 0 Å². The van der Waals surface area contributed by atoms with Gasteiger partial charge in [0.2, 0.25) is 10.0 Å². The molecule has 0 aromatic heterocycles. The van der Waals surface area contributed by atoms with Crippen LogP contribution < -0.4 is 9.88 Å². The minimum Gasteiger partial charge on any atom is -0.483 e. The molecule has 0 saturated carbocycles. The van der Waals surface area contributed by atoms with E-state index < -0.39 is 10.0 Å². The smallest absolute Gasteiger partial charge is 0.260 e. The lowest BCUT2D eigenvalue weighted by molar-refractivity contribution is -0.135. The highest BCUT2D eigenvalue weighted by Gasteiger charge is 2.22. The molecule has 3 rings (SSSR count). The molecule has 7 nitrogen and oxygen atoms in total. The van der Waals surface area contributed by atoms with Gasteiger partial charge in [-0.15, -0.1) is 0 Å². The third-order valence-corrected chi connectivity index (χ3v) is 5.76. The molecule has 1 fully saturated rings. The monoisotopic (exact) mass is 421 g/mol. The summed E-state index contributed by atoms with van der Waals surface area (Å²) < 4.78 is 41.6. The lowest BCUT2D eigenvalue weighted by Crippen LogP contribution is -2.49. The highest BCUT2D eigenvalue weighted by Crippen LogP contribution is 2.21. The predicted molar refractivity (Wildman–Crippen MR) is 106 cm³/mol. The Kier molecular flexibility index (Phi) is 6.51. The van der Waals surface area contributed by atoms with Crippen LogP contribution in [0.5, 0.6) is 5.75 Å². The average molecular weight is 421 g/mol. The molecule has 2 aromatic rings. The van der Waals surface area contributed by atoms with E-state index in [9.17, 15) is 17.6 Å². The number of nitrogens with two attached hydrogens (primary N) is 1.